The van der Waals surface area contributed by atoms with Gasteiger partial charge in [0.15, 0.2) is 22.8 Å². The molecular formula is C38H48N2O8S4. The Kier molecular flexibility index (Phi) is 17.6. The molecular weight excluding hydrogens is 741 g/mol. The van der Waals surface area contributed by atoms with Crippen molar-refractivity contribution < 1.29 is 38.2 Å². The predicted octanol–water partition coefficient (Wildman–Crippen LogP) is 11.0. The van der Waals surface area contributed by atoms with Crippen LogP contribution in [0, 0.1) is 35.2 Å². The minimum Gasteiger partial charge on any atom is -0.456 e. The molecule has 2 heterocycles. The Morgan fingerprint density at radius 3 is 1.42 bits per heavy atom. The van der Waals surface area contributed by atoms with E-state index in [0.29, 0.717) is 66.7 Å². The van der Waals surface area contributed by atoms with Crippen molar-refractivity contribution >= 4 is 71.1 Å². The third-order valence-electron chi connectivity index (χ3n) is 7.82. The number of nitriles is 1. The molecule has 2 atom stereocenters. The van der Waals surface area contributed by atoms with Crippen molar-refractivity contribution in [2.24, 2.45) is 17.3 Å². The molecule has 14 heteroatoms. The van der Waals surface area contributed by atoms with Gasteiger partial charge in [0, 0.05) is 0 Å². The van der Waals surface area contributed by atoms with Crippen LogP contribution in [0.2, 0.25) is 0 Å². The summed E-state index contributed by atoms with van der Waals surface area (Å²) in [6.45, 7) is 27.2. The van der Waals surface area contributed by atoms with Crippen molar-refractivity contribution in [3.05, 3.63) is 31.2 Å². The molecule has 282 valence electrons. The van der Waals surface area contributed by atoms with Gasteiger partial charge in [0.1, 0.15) is 11.7 Å². The van der Waals surface area contributed by atoms with Gasteiger partial charge in [-0.1, -0.05) is 121 Å². The lowest BCUT2D eigenvalue weighted by atomic mass is 9.93. The summed E-state index contributed by atoms with van der Waals surface area (Å²) in [7, 11) is 0. The molecule has 0 aromatic heterocycles. The van der Waals surface area contributed by atoms with Crippen LogP contribution in [0.4, 0.5) is 0 Å². The minimum absolute atomic E-state index is 0.177. The third kappa shape index (κ3) is 11.7. The predicted molar refractivity (Wildman–Crippen MR) is 204 cm³/mol. The fourth-order valence-electron chi connectivity index (χ4n) is 5.06. The van der Waals surface area contributed by atoms with E-state index in [1.807, 2.05) is 40.7 Å². The molecule has 2 aliphatic rings. The number of esters is 3. The standard InChI is InChI=1S/C37H48N2O6S4.CO2/c1-12-16-18-21(14-3)31(40)43-24-26-27(47-34(46-26)23(20-38)33(42)45-37(8,9)10)25(44-32(41)22(15-4)19-17-13-2)29-28(24)48-35(49-29)30(39-11)36(5,6)7;2-1-3/h21-22H,12-19H2,1-10H3;. The fraction of sp³-hybridized carbons (Fsp3) is 0.579. The zero-order valence-corrected chi connectivity index (χ0v) is 34.9. The normalized spacial score (nSPS) is 14.3. The Balaban J connectivity index is 0.00000301. The van der Waals surface area contributed by atoms with E-state index < -0.39 is 17.0 Å². The molecule has 0 bridgehead atoms. The van der Waals surface area contributed by atoms with Gasteiger partial charge in [-0.25, -0.2) is 9.64 Å². The van der Waals surface area contributed by atoms with Gasteiger partial charge >= 0.3 is 24.1 Å². The van der Waals surface area contributed by atoms with Crippen molar-refractivity contribution in [3.63, 3.8) is 0 Å². The Morgan fingerprint density at radius 2 is 1.13 bits per heavy atom. The van der Waals surface area contributed by atoms with Crippen LogP contribution >= 0.6 is 47.0 Å². The van der Waals surface area contributed by atoms with Gasteiger partial charge in [-0.3, -0.25) is 9.59 Å². The molecule has 1 aromatic rings. The van der Waals surface area contributed by atoms with E-state index in [1.54, 1.807) is 20.8 Å². The summed E-state index contributed by atoms with van der Waals surface area (Å²) in [6.07, 6.45) is 6.49. The molecule has 1 aromatic carbocycles. The van der Waals surface area contributed by atoms with E-state index in [-0.39, 0.29) is 35.5 Å². The largest absolute Gasteiger partial charge is 0.456 e. The van der Waals surface area contributed by atoms with Gasteiger partial charge in [0.05, 0.1) is 46.5 Å². The zero-order valence-electron chi connectivity index (χ0n) is 31.6. The number of hydrogen-bond donors (Lipinski definition) is 0. The molecule has 0 saturated heterocycles. The monoisotopic (exact) mass is 788 g/mol. The zero-order chi connectivity index (χ0) is 39.4. The average Bonchev–Trinajstić information content (AvgIpc) is 3.68. The molecule has 3 rings (SSSR count). The molecule has 0 aliphatic carbocycles. The summed E-state index contributed by atoms with van der Waals surface area (Å²) >= 11 is 4.94. The summed E-state index contributed by atoms with van der Waals surface area (Å²) in [5.41, 5.74) is -0.919. The van der Waals surface area contributed by atoms with Gasteiger partial charge in [0.2, 0.25) is 0 Å². The summed E-state index contributed by atoms with van der Waals surface area (Å²) in [5.74, 6) is -1.54. The topological polar surface area (TPSA) is 141 Å². The molecule has 0 N–H and O–H groups in total. The Bertz CT molecular complexity index is 1630. The van der Waals surface area contributed by atoms with Gasteiger partial charge in [-0.15, -0.1) is 0 Å². The number of thioether (sulfide) groups is 4. The van der Waals surface area contributed by atoms with Crippen LogP contribution in [0.5, 0.6) is 11.5 Å². The molecule has 0 saturated carbocycles. The van der Waals surface area contributed by atoms with Crippen molar-refractivity contribution in [2.45, 2.75) is 146 Å². The Hall–Kier alpha value is -3.13. The van der Waals surface area contributed by atoms with Gasteiger partial charge in [-0.2, -0.15) is 14.9 Å². The van der Waals surface area contributed by atoms with Crippen LogP contribution in [0.25, 0.3) is 4.85 Å². The summed E-state index contributed by atoms with van der Waals surface area (Å²) < 4.78 is 19.3. The first-order valence-electron chi connectivity index (χ1n) is 17.3. The maximum atomic E-state index is 13.8. The minimum atomic E-state index is -0.825. The second kappa shape index (κ2) is 20.4. The highest BCUT2D eigenvalue weighted by atomic mass is 32.2. The molecule has 0 radical (unpaired) electrons. The van der Waals surface area contributed by atoms with Crippen molar-refractivity contribution in [3.8, 4) is 17.6 Å². The first kappa shape index (κ1) is 45.0. The van der Waals surface area contributed by atoms with Gasteiger partial charge in [0.25, 0.3) is 0 Å². The number of rotatable bonds is 13. The second-order valence-corrected chi connectivity index (χ2v) is 18.7. The van der Waals surface area contributed by atoms with E-state index in [2.05, 4.69) is 18.7 Å². The van der Waals surface area contributed by atoms with Crippen molar-refractivity contribution in [1.29, 1.82) is 5.26 Å². The number of benzene rings is 1. The average molecular weight is 789 g/mol. The van der Waals surface area contributed by atoms with Crippen LogP contribution in [0.3, 0.4) is 0 Å². The van der Waals surface area contributed by atoms with E-state index in [9.17, 15) is 19.6 Å². The number of ether oxygens (including phenoxy) is 3. The first-order valence-corrected chi connectivity index (χ1v) is 20.6. The highest BCUT2D eigenvalue weighted by Crippen LogP contribution is 2.69. The van der Waals surface area contributed by atoms with E-state index in [1.165, 1.54) is 23.5 Å². The van der Waals surface area contributed by atoms with Gasteiger partial charge < -0.3 is 14.2 Å². The van der Waals surface area contributed by atoms with Crippen LogP contribution in [0.1, 0.15) is 121 Å². The lowest BCUT2D eigenvalue weighted by Crippen LogP contribution is -2.24. The summed E-state index contributed by atoms with van der Waals surface area (Å²) in [5, 5.41) is 10.2. The van der Waals surface area contributed by atoms with Crippen LogP contribution in [-0.2, 0) is 28.7 Å². The molecule has 2 unspecified atom stereocenters. The molecule has 52 heavy (non-hydrogen) atoms. The second-order valence-electron chi connectivity index (χ2n) is 14.1. The van der Waals surface area contributed by atoms with Crippen molar-refractivity contribution in [2.75, 3.05) is 0 Å². The number of unbranched alkanes of at least 4 members (excludes halogenated alkanes) is 2. The molecule has 0 fully saturated rings. The maximum absolute atomic E-state index is 13.8. The highest BCUT2D eigenvalue weighted by Gasteiger charge is 2.42. The number of hydrogen-bond acceptors (Lipinski definition) is 13. The number of allylic oxidation sites excluding steroid dienone is 1. The molecule has 10 nitrogen and oxygen atoms in total. The third-order valence-corrected chi connectivity index (χ3v) is 13.0. The van der Waals surface area contributed by atoms with Crippen LogP contribution < -0.4 is 9.47 Å². The van der Waals surface area contributed by atoms with E-state index in [4.69, 9.17) is 30.4 Å². The van der Waals surface area contributed by atoms with Crippen LogP contribution in [-0.4, -0.2) is 29.7 Å². The number of fused-ring (bicyclic) bond motifs is 2. The first-order chi connectivity index (χ1) is 24.5. The van der Waals surface area contributed by atoms with Crippen LogP contribution in [0.15, 0.2) is 39.3 Å². The Morgan fingerprint density at radius 1 is 0.750 bits per heavy atom. The number of nitrogens with zero attached hydrogens (tertiary/aromatic N) is 2. The quantitative estimate of drug-likeness (QED) is 0.0616. The number of carbonyl (C=O) groups excluding carboxylic acids is 5. The summed E-state index contributed by atoms with van der Waals surface area (Å²) in [4.78, 5) is 63.0. The van der Waals surface area contributed by atoms with E-state index in [0.717, 1.165) is 53.4 Å². The highest BCUT2D eigenvalue weighted by molar-refractivity contribution is 8.26. The number of carbonyl (C=O) groups is 3. The SMILES string of the molecule is O=C=O.[C-]#[N+]C(=C1Sc2c(OC(=O)C(CC)CCCC)c3c(c(OC(=O)C(CC)CCCC)c2S1)SC(=C(C#N)C(=O)OC(C)(C)C)S3)C(C)(C)C. The Labute approximate surface area is 324 Å². The lowest BCUT2D eigenvalue weighted by molar-refractivity contribution is -0.191. The fourth-order valence-corrected chi connectivity index (χ4v) is 10.8. The maximum Gasteiger partial charge on any atom is 0.373 e. The summed E-state index contributed by atoms with van der Waals surface area (Å²) in [6, 6.07) is 2.02. The van der Waals surface area contributed by atoms with Gasteiger partial charge in [-0.05, 0) is 51.9 Å². The lowest BCUT2D eigenvalue weighted by Gasteiger charge is -2.20. The molecule has 0 amide bonds. The smallest absolute Gasteiger partial charge is 0.373 e. The van der Waals surface area contributed by atoms with E-state index >= 15 is 0 Å². The molecule has 0 spiro atoms. The van der Waals surface area contributed by atoms with Crippen molar-refractivity contribution in [1.82, 2.24) is 0 Å². The molecule has 2 aliphatic heterocycles.